The van der Waals surface area contributed by atoms with Crippen LogP contribution in [0.15, 0.2) is 47.3 Å². The number of hydrogen-bond acceptors (Lipinski definition) is 3. The van der Waals surface area contributed by atoms with E-state index in [9.17, 15) is 14.4 Å². The summed E-state index contributed by atoms with van der Waals surface area (Å²) in [5.74, 6) is -0.766. The molecule has 0 bridgehead atoms. The Bertz CT molecular complexity index is 1250. The highest BCUT2D eigenvalue weighted by Crippen LogP contribution is 2.23. The molecule has 3 rings (SSSR count). The quantitative estimate of drug-likeness (QED) is 0.322. The molecule has 2 aromatic carbocycles. The Balaban J connectivity index is 1.96. The molecule has 9 heteroatoms. The van der Waals surface area contributed by atoms with Crippen molar-refractivity contribution in [2.75, 3.05) is 13.1 Å². The van der Waals surface area contributed by atoms with Crippen LogP contribution in [0.2, 0.25) is 15.1 Å². The van der Waals surface area contributed by atoms with Crippen LogP contribution in [-0.4, -0.2) is 39.5 Å². The molecule has 0 saturated heterocycles. The molecular formula is C25H26Cl3N3O3. The number of rotatable bonds is 10. The van der Waals surface area contributed by atoms with E-state index in [1.807, 2.05) is 13.8 Å². The van der Waals surface area contributed by atoms with Crippen molar-refractivity contribution in [2.24, 2.45) is 0 Å². The van der Waals surface area contributed by atoms with Crippen molar-refractivity contribution >= 4 is 46.5 Å². The predicted octanol–water partition coefficient (Wildman–Crippen LogP) is 6.20. The van der Waals surface area contributed by atoms with Gasteiger partial charge >= 0.3 is 0 Å². The van der Waals surface area contributed by atoms with E-state index >= 15 is 0 Å². The van der Waals surface area contributed by atoms with Crippen molar-refractivity contribution in [3.05, 3.63) is 84.7 Å². The Kier molecular flexibility index (Phi) is 9.00. The van der Waals surface area contributed by atoms with Crippen molar-refractivity contribution in [1.82, 2.24) is 14.7 Å². The lowest BCUT2D eigenvalue weighted by Crippen LogP contribution is -2.38. The van der Waals surface area contributed by atoms with Gasteiger partial charge in [0, 0.05) is 22.8 Å². The highest BCUT2D eigenvalue weighted by atomic mass is 35.5. The molecule has 0 unspecified atom stereocenters. The number of aromatic nitrogens is 2. The van der Waals surface area contributed by atoms with Gasteiger partial charge in [0.15, 0.2) is 5.78 Å². The molecule has 0 spiro atoms. The summed E-state index contributed by atoms with van der Waals surface area (Å²) in [7, 11) is 0. The van der Waals surface area contributed by atoms with Crippen LogP contribution in [-0.2, 0) is 6.42 Å². The number of aryl methyl sites for hydroxylation is 1. The highest BCUT2D eigenvalue weighted by Gasteiger charge is 2.26. The van der Waals surface area contributed by atoms with Crippen LogP contribution < -0.4 is 5.56 Å². The average Bonchev–Trinajstić information content (AvgIpc) is 3.14. The van der Waals surface area contributed by atoms with Crippen molar-refractivity contribution in [3.63, 3.8) is 0 Å². The maximum Gasteiger partial charge on any atom is 0.282 e. The Labute approximate surface area is 213 Å². The molecule has 34 heavy (non-hydrogen) atoms. The van der Waals surface area contributed by atoms with E-state index in [1.54, 1.807) is 36.4 Å². The molecule has 0 aliphatic rings. The second-order valence-corrected chi connectivity index (χ2v) is 9.22. The number of unbranched alkanes of at least 4 members (excludes halogenated alkanes) is 1. The predicted molar refractivity (Wildman–Crippen MR) is 137 cm³/mol. The summed E-state index contributed by atoms with van der Waals surface area (Å²) >= 11 is 18.2. The van der Waals surface area contributed by atoms with E-state index in [0.717, 1.165) is 12.8 Å². The van der Waals surface area contributed by atoms with Gasteiger partial charge in [0.05, 0.1) is 22.3 Å². The van der Waals surface area contributed by atoms with Gasteiger partial charge in [0.2, 0.25) is 0 Å². The molecule has 0 aliphatic heterocycles. The summed E-state index contributed by atoms with van der Waals surface area (Å²) in [4.78, 5) is 41.3. The maximum absolute atomic E-state index is 13.4. The SMILES string of the molecule is CCCCN(CC(=O)c1c(CCC)[nH]n(-c2cccc(Cl)c2)c1=O)C(=O)c1ccc(Cl)c(Cl)c1. The number of halogens is 3. The number of carbonyl (C=O) groups excluding carboxylic acids is 2. The van der Waals surface area contributed by atoms with Gasteiger partial charge in [-0.2, -0.15) is 0 Å². The van der Waals surface area contributed by atoms with E-state index < -0.39 is 11.3 Å². The fraction of sp³-hybridized carbons (Fsp3) is 0.320. The van der Waals surface area contributed by atoms with Crippen LogP contribution in [0.3, 0.4) is 0 Å². The second kappa shape index (κ2) is 11.7. The number of amides is 1. The molecule has 1 N–H and O–H groups in total. The summed E-state index contributed by atoms with van der Waals surface area (Å²) < 4.78 is 1.32. The topological polar surface area (TPSA) is 75.2 Å². The van der Waals surface area contributed by atoms with Gasteiger partial charge < -0.3 is 4.90 Å². The van der Waals surface area contributed by atoms with Gasteiger partial charge in [-0.15, -0.1) is 0 Å². The first-order valence-corrected chi connectivity index (χ1v) is 12.3. The third-order valence-electron chi connectivity index (χ3n) is 5.38. The van der Waals surface area contributed by atoms with Crippen LogP contribution in [0.25, 0.3) is 5.69 Å². The van der Waals surface area contributed by atoms with E-state index in [0.29, 0.717) is 46.4 Å². The average molecular weight is 523 g/mol. The smallest absolute Gasteiger partial charge is 0.282 e. The maximum atomic E-state index is 13.4. The zero-order chi connectivity index (χ0) is 24.8. The first-order valence-electron chi connectivity index (χ1n) is 11.1. The van der Waals surface area contributed by atoms with Gasteiger partial charge in [-0.25, -0.2) is 4.68 Å². The van der Waals surface area contributed by atoms with Gasteiger partial charge in [-0.1, -0.05) is 67.6 Å². The molecule has 0 fully saturated rings. The largest absolute Gasteiger partial charge is 0.331 e. The zero-order valence-corrected chi connectivity index (χ0v) is 21.3. The number of H-pyrrole nitrogens is 1. The number of hydrogen-bond donors (Lipinski definition) is 1. The number of ketones is 1. The third-order valence-corrected chi connectivity index (χ3v) is 6.35. The minimum Gasteiger partial charge on any atom is -0.331 e. The van der Waals surface area contributed by atoms with Crippen molar-refractivity contribution in [3.8, 4) is 5.69 Å². The fourth-order valence-corrected chi connectivity index (χ4v) is 4.15. The van der Waals surface area contributed by atoms with Gasteiger partial charge in [0.25, 0.3) is 11.5 Å². The Morgan fingerprint density at radius 3 is 2.41 bits per heavy atom. The number of Topliss-reactive ketones (excluding diaryl/α,β-unsaturated/α-hetero) is 1. The molecule has 0 aliphatic carbocycles. The van der Waals surface area contributed by atoms with E-state index in [2.05, 4.69) is 5.10 Å². The number of nitrogens with zero attached hydrogens (tertiary/aromatic N) is 2. The standard InChI is InChI=1S/C25H26Cl3N3O3/c1-3-5-12-30(24(33)16-10-11-19(27)20(28)13-16)15-22(32)23-21(7-4-2)29-31(25(23)34)18-9-6-8-17(26)14-18/h6,8-11,13-14,29H,3-5,7,12,15H2,1-2H3. The summed E-state index contributed by atoms with van der Waals surface area (Å²) in [5, 5.41) is 4.13. The third kappa shape index (κ3) is 5.93. The Morgan fingerprint density at radius 1 is 1.00 bits per heavy atom. The van der Waals surface area contributed by atoms with Gasteiger partial charge in [0.1, 0.15) is 5.56 Å². The van der Waals surface area contributed by atoms with Crippen molar-refractivity contribution in [1.29, 1.82) is 0 Å². The van der Waals surface area contributed by atoms with Crippen LogP contribution in [0, 0.1) is 0 Å². The van der Waals surface area contributed by atoms with Gasteiger partial charge in [-0.3, -0.25) is 19.5 Å². The lowest BCUT2D eigenvalue weighted by molar-refractivity contribution is 0.0706. The monoisotopic (exact) mass is 521 g/mol. The number of carbonyl (C=O) groups is 2. The van der Waals surface area contributed by atoms with Gasteiger partial charge in [-0.05, 0) is 49.2 Å². The molecule has 0 radical (unpaired) electrons. The molecule has 1 amide bonds. The van der Waals surface area contributed by atoms with Crippen molar-refractivity contribution in [2.45, 2.75) is 39.5 Å². The van der Waals surface area contributed by atoms with Crippen LogP contribution in [0.4, 0.5) is 0 Å². The van der Waals surface area contributed by atoms with Crippen LogP contribution in [0.5, 0.6) is 0 Å². The Hall–Kier alpha value is -2.54. The second-order valence-electron chi connectivity index (χ2n) is 7.97. The number of nitrogens with one attached hydrogen (secondary N) is 1. The molecule has 0 atom stereocenters. The molecular weight excluding hydrogens is 497 g/mol. The zero-order valence-electron chi connectivity index (χ0n) is 19.0. The molecule has 180 valence electrons. The highest BCUT2D eigenvalue weighted by molar-refractivity contribution is 6.42. The molecule has 1 heterocycles. The van der Waals surface area contributed by atoms with Crippen molar-refractivity contribution < 1.29 is 9.59 Å². The molecule has 1 aromatic heterocycles. The number of benzene rings is 2. The summed E-state index contributed by atoms with van der Waals surface area (Å²) in [5.41, 5.74) is 0.995. The van der Waals surface area contributed by atoms with E-state index in [4.69, 9.17) is 34.8 Å². The minimum atomic E-state index is -0.465. The first-order chi connectivity index (χ1) is 16.3. The fourth-order valence-electron chi connectivity index (χ4n) is 3.66. The number of aromatic amines is 1. The summed E-state index contributed by atoms with van der Waals surface area (Å²) in [6.07, 6.45) is 2.80. The molecule has 6 nitrogen and oxygen atoms in total. The first kappa shape index (κ1) is 26.1. The lowest BCUT2D eigenvalue weighted by Gasteiger charge is -2.22. The summed E-state index contributed by atoms with van der Waals surface area (Å²) in [6, 6.07) is 11.4. The molecule has 3 aromatic rings. The van der Waals surface area contributed by atoms with Crippen LogP contribution >= 0.6 is 34.8 Å². The normalized spacial score (nSPS) is 11.0. The lowest BCUT2D eigenvalue weighted by atomic mass is 10.1. The molecule has 0 saturated carbocycles. The van der Waals surface area contributed by atoms with Crippen LogP contribution in [0.1, 0.15) is 59.5 Å². The van der Waals surface area contributed by atoms with E-state index in [1.165, 1.54) is 15.6 Å². The minimum absolute atomic E-state index is 0.0604. The van der Waals surface area contributed by atoms with E-state index in [-0.39, 0.29) is 23.0 Å². The Morgan fingerprint density at radius 2 is 1.76 bits per heavy atom. The summed E-state index contributed by atoms with van der Waals surface area (Å²) in [6.45, 7) is 4.11.